The minimum absolute atomic E-state index is 0.00704. The first-order valence-electron chi connectivity index (χ1n) is 48.4. The van der Waals surface area contributed by atoms with E-state index in [-0.39, 0.29) is 111 Å². The van der Waals surface area contributed by atoms with Gasteiger partial charge in [-0.15, -0.1) is 5.59 Å². The van der Waals surface area contributed by atoms with Crippen molar-refractivity contribution in [2.45, 2.75) is 270 Å². The maximum atomic E-state index is 15.3. The number of methoxy groups -OCH3 is 2. The minimum Gasteiger partial charge on any atom is -0.507 e. The number of aromatic nitrogens is 1. The Labute approximate surface area is 824 Å². The molecule has 6 fully saturated rings. The van der Waals surface area contributed by atoms with Crippen LogP contribution in [-0.4, -0.2) is 321 Å². The largest absolute Gasteiger partial charge is 0.507 e. The number of nitrogens with one attached hydrogen (secondary N) is 5. The van der Waals surface area contributed by atoms with Crippen molar-refractivity contribution < 1.29 is 127 Å². The number of ether oxygens (including phenoxy) is 10. The molecule has 25 atom stereocenters. The van der Waals surface area contributed by atoms with Crippen molar-refractivity contribution in [1.82, 2.24) is 41.4 Å². The topological polar surface area (TPSA) is 472 Å². The number of H-pyrrole nitrogens is 1. The Hall–Kier alpha value is -7.92. The van der Waals surface area contributed by atoms with E-state index in [0.717, 1.165) is 49.6 Å². The number of anilines is 1. The molecule has 8 aliphatic heterocycles. The molecule has 13 N–H and O–H groups in total. The number of rotatable bonds is 37. The summed E-state index contributed by atoms with van der Waals surface area (Å²) in [6.07, 6.45) is -0.395. The quantitative estimate of drug-likeness (QED) is 0.00569. The van der Waals surface area contributed by atoms with Crippen molar-refractivity contribution >= 4 is 107 Å². The minimum atomic E-state index is -2.13. The molecule has 1 saturated carbocycles. The summed E-state index contributed by atoms with van der Waals surface area (Å²) in [4.78, 5) is 112. The summed E-state index contributed by atoms with van der Waals surface area (Å²) in [6.45, 7) is 14.1. The van der Waals surface area contributed by atoms with Crippen LogP contribution in [0, 0.1) is 17.3 Å². The summed E-state index contributed by atoms with van der Waals surface area (Å²) < 4.78 is 60.8. The summed E-state index contributed by atoms with van der Waals surface area (Å²) in [7, 11) is 13.9. The zero-order valence-corrected chi connectivity index (χ0v) is 84.1. The number of phenols is 1. The highest BCUT2D eigenvalue weighted by molar-refractivity contribution is 8.77. The average molecular weight is 2010 g/mol. The van der Waals surface area contributed by atoms with E-state index >= 15 is 4.79 Å². The van der Waals surface area contributed by atoms with Crippen LogP contribution in [0.5, 0.6) is 17.2 Å². The number of hydrogen-bond donors (Lipinski definition) is 13. The second-order valence-corrected chi connectivity index (χ2v) is 44.9. The third-order valence-corrected chi connectivity index (χ3v) is 36.1. The summed E-state index contributed by atoms with van der Waals surface area (Å²) in [5.41, 5.74) is 7.06. The maximum Gasteiger partial charge on any atom is 0.423 e. The fourth-order valence-corrected chi connectivity index (χ4v) is 28.4. The smallest absolute Gasteiger partial charge is 0.423 e. The van der Waals surface area contributed by atoms with Crippen LogP contribution in [0.3, 0.4) is 0 Å². The van der Waals surface area contributed by atoms with E-state index in [9.17, 15) is 69.6 Å². The zero-order valence-electron chi connectivity index (χ0n) is 80.8. The number of carboxylic acids is 2. The lowest BCUT2D eigenvalue weighted by atomic mass is 9.47. The van der Waals surface area contributed by atoms with Crippen LogP contribution >= 0.6 is 43.2 Å². The molecule has 4 aromatic carbocycles. The number of aliphatic hydroxyl groups is 5. The highest BCUT2D eigenvalue weighted by Crippen LogP contribution is 2.70. The SMILES string of the molecule is CC[C@]1(O)CC2CN(CCc3c([nH]c4ccccc34)[C@@](C(=O)O)(C3C[C@]45c6ccc(OC)cc6N(C)[C@H]4[C@@](O)(CONNC(=O)OCCSSCC(NC(=O)C(C)COC(=O)CCSSCCC(=O)N/N=C4/CC[C@H](O[C@H]6C(O)C[C@H](O[C@@H]7CO[C@@H](O[C@H]8C[C@](O)(CC)[C@H](C)c9cc%10c(c(O)c98)C(=O)c8c(cccc8OC)C%10)C[C@H]7N(C)C)OC6C)OC4C)C(=O)O)[C@H](O)[C@]4(CC)C=CCN3[C@@H]45)C2)C1. The van der Waals surface area contributed by atoms with E-state index in [2.05, 4.69) is 41.6 Å². The number of likely N-dealkylation sites (N-methyl/N-ethyl adjacent to an activating group) is 2. The van der Waals surface area contributed by atoms with Crippen LogP contribution in [-0.2, 0) is 90.4 Å². The van der Waals surface area contributed by atoms with Crippen LogP contribution in [0.25, 0.3) is 10.9 Å². The van der Waals surface area contributed by atoms with Gasteiger partial charge in [0.15, 0.2) is 18.9 Å². The van der Waals surface area contributed by atoms with E-state index in [1.165, 1.54) is 46.4 Å². The number of carbonyl (C=O) groups excluding carboxylic acids is 5. The van der Waals surface area contributed by atoms with Gasteiger partial charge in [0.1, 0.15) is 60.2 Å². The van der Waals surface area contributed by atoms with Crippen molar-refractivity contribution in [1.29, 1.82) is 0 Å². The normalized spacial score (nSPS) is 33.5. The van der Waals surface area contributed by atoms with Crippen LogP contribution < -0.4 is 36.1 Å². The molecule has 3 amide bonds. The molecule has 16 rings (SSSR count). The molecule has 139 heavy (non-hydrogen) atoms. The first-order valence-corrected chi connectivity index (χ1v) is 53.4. The molecule has 1 spiro atoms. The number of amides is 3. The molecule has 3 aliphatic carbocycles. The number of aromatic amines is 1. The summed E-state index contributed by atoms with van der Waals surface area (Å²) >= 11 is 0. The van der Waals surface area contributed by atoms with Crippen molar-refractivity contribution in [2.24, 2.45) is 22.4 Å². The summed E-state index contributed by atoms with van der Waals surface area (Å²) in [5.74, 6) is -3.95. The third-order valence-electron chi connectivity index (χ3n) is 31.3. The number of ketones is 1. The molecule has 9 heterocycles. The van der Waals surface area contributed by atoms with E-state index in [1.54, 1.807) is 27.0 Å². The Morgan fingerprint density at radius 3 is 2.31 bits per heavy atom. The van der Waals surface area contributed by atoms with Crippen molar-refractivity contribution in [3.8, 4) is 17.2 Å². The van der Waals surface area contributed by atoms with Gasteiger partial charge in [0.25, 0.3) is 0 Å². The second kappa shape index (κ2) is 43.2. The number of hydrazine groups is 1. The summed E-state index contributed by atoms with van der Waals surface area (Å²) in [6, 6.07) is 17.3. The van der Waals surface area contributed by atoms with Crippen LogP contribution in [0.4, 0.5) is 10.5 Å². The highest BCUT2D eigenvalue weighted by atomic mass is 33.1. The van der Waals surface area contributed by atoms with Crippen LogP contribution in [0.15, 0.2) is 84.0 Å². The fourth-order valence-electron chi connectivity index (χ4n) is 24.4. The number of hydrazone groups is 1. The zero-order chi connectivity index (χ0) is 99.1. The number of benzene rings is 4. The lowest BCUT2D eigenvalue weighted by molar-refractivity contribution is -0.314. The number of carbonyl (C=O) groups is 7. The van der Waals surface area contributed by atoms with Gasteiger partial charge in [0.05, 0.1) is 104 Å². The van der Waals surface area contributed by atoms with Gasteiger partial charge in [-0.25, -0.2) is 20.4 Å². The standard InChI is InChI=1S/C99H134N10O26S4/c1-13-94(122)43-57-44-98(92(119)120,86-62(28-33-108(47-57)51-94)61-21-16-17-22-66(61)100-86)74-46-97-64-25-24-60(125-11)40-68(64)107(10)90(97)99(124,91(118)95(14-2)31-19-32-109(74)89(95)97)52-130-105-104-93(121)127-34-37-138-139-50-67(88(116)117)101-87(115)53(4)48-128-76(112)30-36-137-136-35-29-75(111)103-102-65-26-27-77(131-55(65)6)135-85-56(7)132-79(42-70(85)110)134-73-49-129-78(41-69(73)106(8)9)133-72-45-96(123,15-3)54(5)63-39-59-38-58-20-18-23-71(126-12)80(58)83(113)81(59)84(114)82(63)72/h16-25,31,39-40,53-57,67,69-70,72-74,77-79,85,89-91,100,105,110,114,118,122-124H,13-15,26-30,32-38,41-52H2,1-12H3,(H,101,115)(H,103,111)(H,104,121)(H,116,117)(H,119,120)/b102-65-/t53?,54-,55?,56?,57?,67?,69-,70?,72+,73-,74?,77+,78+,79+,85-,89+,90-,91-,94+,95-,96-,97-,98+,99+/m1/s1. The molecule has 1 aromatic heterocycles. The molecule has 5 aromatic rings. The van der Waals surface area contributed by atoms with Gasteiger partial charge in [-0.3, -0.25) is 38.6 Å². The number of para-hydroxylation sites is 1. The van der Waals surface area contributed by atoms with E-state index in [4.69, 9.17) is 52.2 Å². The van der Waals surface area contributed by atoms with Crippen molar-refractivity contribution in [3.63, 3.8) is 0 Å². The Bertz CT molecular complexity index is 5400. The Balaban J connectivity index is 0.429. The number of hydrogen-bond acceptors (Lipinski definition) is 34. The predicted octanol–water partition coefficient (Wildman–Crippen LogP) is 8.83. The number of aromatic hydroxyl groups is 1. The van der Waals surface area contributed by atoms with Crippen LogP contribution in [0.1, 0.15) is 199 Å². The molecule has 2 bridgehead atoms. The first kappa shape index (κ1) is 104. The maximum absolute atomic E-state index is 15.3. The number of aliphatic carboxylic acids is 2. The molecule has 0 radical (unpaired) electrons. The number of phenolic OH excluding ortho intramolecular Hbond substituents is 1. The first-order chi connectivity index (χ1) is 66.5. The Morgan fingerprint density at radius 1 is 0.806 bits per heavy atom. The van der Waals surface area contributed by atoms with Gasteiger partial charge in [0, 0.05) is 157 Å². The van der Waals surface area contributed by atoms with E-state index < -0.39 is 161 Å². The Kier molecular flexibility index (Phi) is 32.3. The van der Waals surface area contributed by atoms with E-state index in [0.29, 0.717) is 135 Å². The van der Waals surface area contributed by atoms with Crippen LogP contribution in [0.2, 0.25) is 0 Å². The molecular formula is C99H134N10O26S4. The predicted molar refractivity (Wildman–Crippen MR) is 522 cm³/mol. The third kappa shape index (κ3) is 20.3. The number of nitrogens with zero attached hydrogens (tertiary/aromatic N) is 5. The molecule has 36 nitrogen and oxygen atoms in total. The average Bonchev–Trinajstić information content (AvgIpc) is 1.47. The van der Waals surface area contributed by atoms with Crippen molar-refractivity contribution in [3.05, 3.63) is 129 Å². The molecule has 8 unspecified atom stereocenters. The number of aliphatic hydroxyl groups excluding tert-OH is 2. The molecule has 40 heteroatoms. The van der Waals surface area contributed by atoms with Gasteiger partial charge >= 0.3 is 24.0 Å². The number of esters is 1. The molecule has 5 saturated heterocycles. The fraction of sp³-hybridized carbons (Fsp3) is 0.636. The summed E-state index contributed by atoms with van der Waals surface area (Å²) in [5, 5.41) is 106. The second-order valence-electron chi connectivity index (χ2n) is 39.6. The number of carboxylic acid groups (broad SMARTS) is 2. The van der Waals surface area contributed by atoms with E-state index in [1.807, 2.05) is 131 Å². The van der Waals surface area contributed by atoms with Gasteiger partial charge in [0.2, 0.25) is 17.6 Å². The van der Waals surface area contributed by atoms with Gasteiger partial charge in [-0.05, 0) is 138 Å². The lowest BCUT2D eigenvalue weighted by Crippen LogP contribution is -2.80. The monoisotopic (exact) mass is 2010 g/mol. The highest BCUT2D eigenvalue weighted by Gasteiger charge is 2.80. The van der Waals surface area contributed by atoms with Gasteiger partial charge in [-0.1, -0.05) is 132 Å². The molecular weight excluding hydrogens is 1870 g/mol. The van der Waals surface area contributed by atoms with Gasteiger partial charge in [-0.2, -0.15) is 5.10 Å². The van der Waals surface area contributed by atoms with Crippen molar-refractivity contribution in [2.75, 3.05) is 116 Å². The van der Waals surface area contributed by atoms with Gasteiger partial charge < -0.3 is 108 Å². The number of piperidine rings is 1. The number of fused-ring (bicyclic) bond motifs is 9. The molecule has 11 aliphatic rings. The lowest BCUT2D eigenvalue weighted by Gasteiger charge is -2.64. The molecule has 760 valence electrons. The Morgan fingerprint density at radius 2 is 1.58 bits per heavy atom.